The van der Waals surface area contributed by atoms with Crippen molar-refractivity contribution in [3.05, 3.63) is 105 Å². The fourth-order valence-electron chi connectivity index (χ4n) is 4.30. The van der Waals surface area contributed by atoms with Crippen molar-refractivity contribution in [1.29, 1.82) is 0 Å². The number of benzene rings is 3. The molecule has 208 valence electrons. The number of azo groups is 1. The van der Waals surface area contributed by atoms with Gasteiger partial charge in [0.2, 0.25) is 0 Å². The van der Waals surface area contributed by atoms with Crippen LogP contribution in [0.3, 0.4) is 0 Å². The first kappa shape index (κ1) is 28.1. The van der Waals surface area contributed by atoms with Gasteiger partial charge in [0.15, 0.2) is 12.4 Å². The van der Waals surface area contributed by atoms with Gasteiger partial charge in [0, 0.05) is 28.3 Å². The minimum atomic E-state index is -0.457. The zero-order chi connectivity index (χ0) is 28.8. The van der Waals surface area contributed by atoms with E-state index >= 15 is 0 Å². The molecule has 0 bridgehead atoms. The zero-order valence-corrected chi connectivity index (χ0v) is 23.5. The molecule has 1 heterocycles. The lowest BCUT2D eigenvalue weighted by Crippen LogP contribution is -2.27. The Morgan fingerprint density at radius 3 is 2.41 bits per heavy atom. The van der Waals surface area contributed by atoms with E-state index in [4.69, 9.17) is 32.4 Å². The Morgan fingerprint density at radius 2 is 1.68 bits per heavy atom. The van der Waals surface area contributed by atoms with Gasteiger partial charge in [0.05, 0.1) is 22.1 Å². The molecule has 1 aromatic heterocycles. The average molecular weight is 590 g/mol. The average Bonchev–Trinajstić information content (AvgIpc) is 3.33. The van der Waals surface area contributed by atoms with Crippen molar-refractivity contribution in [1.82, 2.24) is 5.43 Å². The van der Waals surface area contributed by atoms with Crippen LogP contribution in [0.2, 0.25) is 10.0 Å². The topological polar surface area (TPSA) is 118 Å². The van der Waals surface area contributed by atoms with Gasteiger partial charge < -0.3 is 14.5 Å². The van der Waals surface area contributed by atoms with Crippen molar-refractivity contribution < 1.29 is 18.7 Å². The van der Waals surface area contributed by atoms with Gasteiger partial charge >= 0.3 is 0 Å². The highest BCUT2D eigenvalue weighted by Crippen LogP contribution is 2.31. The molecular formula is C30H25Cl2N5O4. The van der Waals surface area contributed by atoms with Crippen LogP contribution >= 0.6 is 23.2 Å². The third-order valence-electron chi connectivity index (χ3n) is 6.26. The third kappa shape index (κ3) is 7.00. The molecule has 0 fully saturated rings. The summed E-state index contributed by atoms with van der Waals surface area (Å²) in [6, 6.07) is 21.2. The number of amides is 2. The summed E-state index contributed by atoms with van der Waals surface area (Å²) in [5.41, 5.74) is 6.54. The smallest absolute Gasteiger partial charge is 0.291 e. The molecule has 2 amide bonds. The Morgan fingerprint density at radius 1 is 0.951 bits per heavy atom. The van der Waals surface area contributed by atoms with Gasteiger partial charge in [-0.3, -0.25) is 9.59 Å². The maximum atomic E-state index is 13.1. The molecule has 0 saturated heterocycles. The van der Waals surface area contributed by atoms with Crippen LogP contribution in [0.5, 0.6) is 5.75 Å². The fourth-order valence-corrected chi connectivity index (χ4v) is 4.77. The number of furan rings is 1. The molecule has 0 radical (unpaired) electrons. The summed E-state index contributed by atoms with van der Waals surface area (Å²) < 4.78 is 11.4. The minimum absolute atomic E-state index is 0.199. The summed E-state index contributed by atoms with van der Waals surface area (Å²) in [6.45, 7) is 1.52. The number of nitrogens with one attached hydrogen (secondary N) is 2. The molecule has 11 heteroatoms. The fraction of sp³-hybridized carbons (Fsp3) is 0.167. The number of ether oxygens (including phenoxy) is 1. The Kier molecular flexibility index (Phi) is 8.76. The quantitative estimate of drug-likeness (QED) is 0.161. The van der Waals surface area contributed by atoms with Crippen LogP contribution in [-0.2, 0) is 11.2 Å². The number of hydrogen-bond donors (Lipinski definition) is 2. The number of aryl methyl sites for hydroxylation is 1. The van der Waals surface area contributed by atoms with E-state index in [2.05, 4.69) is 26.1 Å². The van der Waals surface area contributed by atoms with Gasteiger partial charge in [-0.25, -0.2) is 5.43 Å². The second kappa shape index (κ2) is 12.8. The standard InChI is InChI=1S/C30H25Cl2N5O4/c1-18-28-24(36-37-27(38)17-40-25-15-10-19(31)16-23(25)32)8-5-9-26(28)41-29(18)30(39)33-20-11-13-22(14-12-20)35-34-21-6-3-2-4-7-21/h2-4,6-7,10-16H,5,8-9,17H2,1H3,(H,33,39)(H,37,38). The van der Waals surface area contributed by atoms with Crippen molar-refractivity contribution in [3.8, 4) is 5.75 Å². The zero-order valence-electron chi connectivity index (χ0n) is 22.0. The van der Waals surface area contributed by atoms with Gasteiger partial charge in [-0.1, -0.05) is 41.4 Å². The first-order valence-electron chi connectivity index (χ1n) is 12.8. The highest BCUT2D eigenvalue weighted by molar-refractivity contribution is 6.35. The molecule has 0 unspecified atom stereocenters. The van der Waals surface area contributed by atoms with E-state index in [1.807, 2.05) is 30.3 Å². The first-order chi connectivity index (χ1) is 19.9. The molecule has 0 saturated carbocycles. The van der Waals surface area contributed by atoms with Gasteiger partial charge in [-0.2, -0.15) is 15.3 Å². The number of rotatable bonds is 8. The third-order valence-corrected chi connectivity index (χ3v) is 6.79. The summed E-state index contributed by atoms with van der Waals surface area (Å²) >= 11 is 12.0. The molecule has 9 nitrogen and oxygen atoms in total. The van der Waals surface area contributed by atoms with Crippen LogP contribution in [-0.4, -0.2) is 24.1 Å². The Hall–Kier alpha value is -4.47. The number of fused-ring (bicyclic) bond motifs is 1. The predicted octanol–water partition coefficient (Wildman–Crippen LogP) is 7.80. The monoisotopic (exact) mass is 589 g/mol. The van der Waals surface area contributed by atoms with Crippen LogP contribution in [0.4, 0.5) is 17.1 Å². The maximum Gasteiger partial charge on any atom is 0.291 e. The van der Waals surface area contributed by atoms with Gasteiger partial charge in [-0.05, 0) is 74.4 Å². The molecule has 2 N–H and O–H groups in total. The van der Waals surface area contributed by atoms with E-state index < -0.39 is 5.91 Å². The lowest BCUT2D eigenvalue weighted by molar-refractivity contribution is -0.123. The van der Waals surface area contributed by atoms with Crippen LogP contribution < -0.4 is 15.5 Å². The van der Waals surface area contributed by atoms with E-state index in [1.54, 1.807) is 43.3 Å². The number of anilines is 1. The number of halogens is 2. The summed E-state index contributed by atoms with van der Waals surface area (Å²) in [5.74, 6) is 0.359. The second-order valence-electron chi connectivity index (χ2n) is 9.20. The van der Waals surface area contributed by atoms with Crippen molar-refractivity contribution >= 4 is 57.8 Å². The molecule has 41 heavy (non-hydrogen) atoms. The van der Waals surface area contributed by atoms with Crippen molar-refractivity contribution in [3.63, 3.8) is 0 Å². The number of hydrazone groups is 1. The molecular weight excluding hydrogens is 565 g/mol. The molecule has 0 aliphatic heterocycles. The van der Waals surface area contributed by atoms with Crippen molar-refractivity contribution in [2.24, 2.45) is 15.3 Å². The number of nitrogens with zero attached hydrogens (tertiary/aromatic N) is 3. The molecule has 1 aliphatic rings. The van der Waals surface area contributed by atoms with Crippen LogP contribution in [0.25, 0.3) is 0 Å². The second-order valence-corrected chi connectivity index (χ2v) is 10.0. The van der Waals surface area contributed by atoms with E-state index in [1.165, 1.54) is 6.07 Å². The highest BCUT2D eigenvalue weighted by atomic mass is 35.5. The van der Waals surface area contributed by atoms with E-state index in [9.17, 15) is 9.59 Å². The largest absolute Gasteiger partial charge is 0.482 e. The maximum absolute atomic E-state index is 13.1. The van der Waals surface area contributed by atoms with Gasteiger partial charge in [0.25, 0.3) is 11.8 Å². The van der Waals surface area contributed by atoms with Crippen LogP contribution in [0, 0.1) is 6.92 Å². The van der Waals surface area contributed by atoms with Crippen LogP contribution in [0.1, 0.15) is 40.3 Å². The number of carbonyl (C=O) groups is 2. The number of carbonyl (C=O) groups excluding carboxylic acids is 2. The molecule has 0 spiro atoms. The van der Waals surface area contributed by atoms with Gasteiger partial charge in [-0.15, -0.1) is 0 Å². The van der Waals surface area contributed by atoms with E-state index in [-0.39, 0.29) is 18.3 Å². The molecule has 1 aliphatic carbocycles. The Labute approximate surface area is 246 Å². The molecule has 0 atom stereocenters. The predicted molar refractivity (Wildman–Crippen MR) is 158 cm³/mol. The lowest BCUT2D eigenvalue weighted by atomic mass is 9.93. The Balaban J connectivity index is 1.22. The SMILES string of the molecule is Cc1c(C(=O)Nc2ccc(N=Nc3ccccc3)cc2)oc2c1C(=NNC(=O)COc1ccc(Cl)cc1Cl)CCC2. The van der Waals surface area contributed by atoms with E-state index in [0.717, 1.165) is 17.7 Å². The summed E-state index contributed by atoms with van der Waals surface area (Å²) in [7, 11) is 0. The summed E-state index contributed by atoms with van der Waals surface area (Å²) in [5, 5.41) is 16.4. The normalized spacial score (nSPS) is 13.7. The van der Waals surface area contributed by atoms with Crippen molar-refractivity contribution in [2.45, 2.75) is 26.2 Å². The lowest BCUT2D eigenvalue weighted by Gasteiger charge is -2.13. The summed E-state index contributed by atoms with van der Waals surface area (Å²) in [6.07, 6.45) is 2.05. The van der Waals surface area contributed by atoms with Crippen LogP contribution in [0.15, 0.2) is 92.5 Å². The Bertz CT molecular complexity index is 1630. The summed E-state index contributed by atoms with van der Waals surface area (Å²) in [4.78, 5) is 25.5. The first-order valence-corrected chi connectivity index (χ1v) is 13.6. The molecule has 3 aromatic carbocycles. The highest BCUT2D eigenvalue weighted by Gasteiger charge is 2.28. The van der Waals surface area contributed by atoms with E-state index in [0.29, 0.717) is 57.0 Å². The van der Waals surface area contributed by atoms with Crippen molar-refractivity contribution in [2.75, 3.05) is 11.9 Å². The minimum Gasteiger partial charge on any atom is -0.482 e. The van der Waals surface area contributed by atoms with Gasteiger partial charge in [0.1, 0.15) is 11.5 Å². The number of hydrogen-bond acceptors (Lipinski definition) is 7. The molecule has 5 rings (SSSR count). The molecule has 4 aromatic rings.